The van der Waals surface area contributed by atoms with Crippen LogP contribution in [0.4, 0.5) is 0 Å². The fraction of sp³-hybridized carbons (Fsp3) is 0.455. The van der Waals surface area contributed by atoms with Crippen molar-refractivity contribution in [3.8, 4) is 0 Å². The van der Waals surface area contributed by atoms with Crippen LogP contribution < -0.4 is 10.9 Å². The van der Waals surface area contributed by atoms with E-state index in [1.807, 2.05) is 0 Å². The highest BCUT2D eigenvalue weighted by Crippen LogP contribution is 2.21. The topological polar surface area (TPSA) is 81.1 Å². The van der Waals surface area contributed by atoms with Gasteiger partial charge in [0.1, 0.15) is 5.56 Å². The van der Waals surface area contributed by atoms with Crippen molar-refractivity contribution < 1.29 is 9.59 Å². The quantitative estimate of drug-likeness (QED) is 0.780. The molecule has 1 N–H and O–H groups in total. The lowest BCUT2D eigenvalue weighted by atomic mass is 10.2. The van der Waals surface area contributed by atoms with Gasteiger partial charge in [-0.1, -0.05) is 23.5 Å². The minimum Gasteiger partial charge on any atom is -0.341 e. The van der Waals surface area contributed by atoms with Gasteiger partial charge in [-0.2, -0.15) is 0 Å². The number of nitrogens with one attached hydrogen (secondary N) is 1. The van der Waals surface area contributed by atoms with Gasteiger partial charge in [-0.25, -0.2) is 4.98 Å². The van der Waals surface area contributed by atoms with Crippen molar-refractivity contribution in [3.63, 3.8) is 0 Å². The van der Waals surface area contributed by atoms with E-state index in [0.29, 0.717) is 23.9 Å². The summed E-state index contributed by atoms with van der Waals surface area (Å²) in [5, 5.41) is 3.21. The number of hydrogen-bond acceptors (Lipinski definition) is 6. The van der Waals surface area contributed by atoms with E-state index in [0.717, 1.165) is 5.75 Å². The van der Waals surface area contributed by atoms with Gasteiger partial charge in [-0.15, -0.1) is 0 Å². The predicted molar refractivity (Wildman–Crippen MR) is 72.6 cm³/mol. The first kappa shape index (κ1) is 12.7. The zero-order valence-electron chi connectivity index (χ0n) is 9.92. The molecule has 0 aromatic carbocycles. The molecule has 1 aromatic rings. The molecule has 0 aliphatic carbocycles. The van der Waals surface area contributed by atoms with E-state index in [9.17, 15) is 14.4 Å². The molecular weight excluding hydrogens is 286 g/mol. The lowest BCUT2D eigenvalue weighted by molar-refractivity contribution is -0.112. The molecule has 2 aliphatic rings. The summed E-state index contributed by atoms with van der Waals surface area (Å²) in [6.45, 7) is 0.575. The molecule has 1 unspecified atom stereocenters. The molecule has 3 heterocycles. The molecule has 1 fully saturated rings. The van der Waals surface area contributed by atoms with Gasteiger partial charge in [0.25, 0.3) is 11.5 Å². The zero-order valence-corrected chi connectivity index (χ0v) is 11.6. The summed E-state index contributed by atoms with van der Waals surface area (Å²) in [4.78, 5) is 39.7. The molecule has 1 atom stereocenters. The van der Waals surface area contributed by atoms with Crippen molar-refractivity contribution in [3.05, 3.63) is 22.1 Å². The third-order valence-corrected chi connectivity index (χ3v) is 5.02. The van der Waals surface area contributed by atoms with E-state index in [1.165, 1.54) is 34.3 Å². The molecular formula is C11H11N3O3S2. The Labute approximate surface area is 117 Å². The van der Waals surface area contributed by atoms with Crippen LogP contribution in [0.2, 0.25) is 0 Å². The van der Waals surface area contributed by atoms with Crippen molar-refractivity contribution in [2.24, 2.45) is 0 Å². The fourth-order valence-electron chi connectivity index (χ4n) is 2.04. The van der Waals surface area contributed by atoms with Gasteiger partial charge < -0.3 is 5.32 Å². The van der Waals surface area contributed by atoms with Crippen molar-refractivity contribution >= 4 is 34.5 Å². The minimum absolute atomic E-state index is 0.0101. The first-order valence-electron chi connectivity index (χ1n) is 5.87. The molecule has 3 rings (SSSR count). The molecule has 0 spiro atoms. The highest BCUT2D eigenvalue weighted by atomic mass is 32.2. The molecule has 1 amide bonds. The van der Waals surface area contributed by atoms with Gasteiger partial charge in [0.2, 0.25) is 5.12 Å². The number of fused-ring (bicyclic) bond motifs is 1. The van der Waals surface area contributed by atoms with Crippen LogP contribution in [0.5, 0.6) is 0 Å². The van der Waals surface area contributed by atoms with Crippen LogP contribution in [-0.2, 0) is 11.3 Å². The van der Waals surface area contributed by atoms with Crippen molar-refractivity contribution in [2.75, 3.05) is 11.5 Å². The zero-order chi connectivity index (χ0) is 13.4. The molecule has 6 nitrogen and oxygen atoms in total. The van der Waals surface area contributed by atoms with Gasteiger partial charge >= 0.3 is 0 Å². The maximum Gasteiger partial charge on any atom is 0.267 e. The second-order valence-corrected chi connectivity index (χ2v) is 6.40. The Morgan fingerprint density at radius 2 is 2.21 bits per heavy atom. The monoisotopic (exact) mass is 297 g/mol. The van der Waals surface area contributed by atoms with E-state index >= 15 is 0 Å². The third-order valence-electron chi connectivity index (χ3n) is 3.04. The number of carbonyl (C=O) groups is 2. The Bertz CT molecular complexity index is 614. The Balaban J connectivity index is 1.84. The molecule has 0 saturated carbocycles. The highest BCUT2D eigenvalue weighted by Gasteiger charge is 2.28. The summed E-state index contributed by atoms with van der Waals surface area (Å²) in [6.07, 6.45) is 1.92. The number of amides is 1. The number of aromatic nitrogens is 2. The largest absolute Gasteiger partial charge is 0.341 e. The Morgan fingerprint density at radius 3 is 2.95 bits per heavy atom. The van der Waals surface area contributed by atoms with Crippen LogP contribution in [0.25, 0.3) is 0 Å². The SMILES string of the molecule is O=C(NC1CCSC1=O)c1cnc2n(c1=O)CCS2. The van der Waals surface area contributed by atoms with Crippen LogP contribution in [0, 0.1) is 0 Å². The number of thioether (sulfide) groups is 2. The van der Waals surface area contributed by atoms with Crippen LogP contribution >= 0.6 is 23.5 Å². The summed E-state index contributed by atoms with van der Waals surface area (Å²) in [7, 11) is 0. The number of rotatable bonds is 2. The first-order chi connectivity index (χ1) is 9.16. The predicted octanol–water partition coefficient (Wildman–Crippen LogP) is 0.111. The second kappa shape index (κ2) is 5.01. The average molecular weight is 297 g/mol. The summed E-state index contributed by atoms with van der Waals surface area (Å²) < 4.78 is 1.50. The molecule has 100 valence electrons. The number of nitrogens with zero attached hydrogens (tertiary/aromatic N) is 2. The molecule has 1 aromatic heterocycles. The maximum atomic E-state index is 12.1. The fourth-order valence-corrected chi connectivity index (χ4v) is 3.88. The van der Waals surface area contributed by atoms with Gasteiger partial charge in [-0.3, -0.25) is 19.0 Å². The smallest absolute Gasteiger partial charge is 0.267 e. The summed E-state index contributed by atoms with van der Waals surface area (Å²) in [5.74, 6) is 0.998. The average Bonchev–Trinajstić information content (AvgIpc) is 3.00. The lowest BCUT2D eigenvalue weighted by Crippen LogP contribution is -2.40. The van der Waals surface area contributed by atoms with Gasteiger partial charge in [0, 0.05) is 24.2 Å². The Kier molecular flexibility index (Phi) is 3.36. The minimum atomic E-state index is -0.509. The van der Waals surface area contributed by atoms with Crippen molar-refractivity contribution in [2.45, 2.75) is 24.2 Å². The van der Waals surface area contributed by atoms with Crippen molar-refractivity contribution in [1.82, 2.24) is 14.9 Å². The molecule has 2 aliphatic heterocycles. The van der Waals surface area contributed by atoms with E-state index < -0.39 is 11.9 Å². The standard InChI is InChI=1S/C11H11N3O3S2/c15-8(13-7-1-3-18-10(7)17)6-5-12-11-14(9(6)16)2-4-19-11/h5,7H,1-4H2,(H,13,15). The lowest BCUT2D eigenvalue weighted by Gasteiger charge is -2.10. The molecule has 8 heteroatoms. The highest BCUT2D eigenvalue weighted by molar-refractivity contribution is 8.14. The maximum absolute atomic E-state index is 12.1. The Morgan fingerprint density at radius 1 is 1.37 bits per heavy atom. The van der Waals surface area contributed by atoms with Crippen LogP contribution in [-0.4, -0.2) is 38.1 Å². The third kappa shape index (κ3) is 2.30. The molecule has 19 heavy (non-hydrogen) atoms. The van der Waals surface area contributed by atoms with E-state index in [1.54, 1.807) is 0 Å². The van der Waals surface area contributed by atoms with Crippen LogP contribution in [0.15, 0.2) is 16.1 Å². The first-order valence-corrected chi connectivity index (χ1v) is 7.84. The number of hydrogen-bond donors (Lipinski definition) is 1. The summed E-state index contributed by atoms with van der Waals surface area (Å²) in [6, 6.07) is -0.482. The van der Waals surface area contributed by atoms with Gasteiger partial charge in [0.05, 0.1) is 6.04 Å². The molecule has 0 radical (unpaired) electrons. The van der Waals surface area contributed by atoms with Crippen molar-refractivity contribution in [1.29, 1.82) is 0 Å². The van der Waals surface area contributed by atoms with E-state index in [4.69, 9.17) is 0 Å². The van der Waals surface area contributed by atoms with Gasteiger partial charge in [0.15, 0.2) is 5.16 Å². The van der Waals surface area contributed by atoms with Crippen LogP contribution in [0.3, 0.4) is 0 Å². The second-order valence-electron chi connectivity index (χ2n) is 4.24. The van der Waals surface area contributed by atoms with Crippen LogP contribution in [0.1, 0.15) is 16.8 Å². The normalized spacial score (nSPS) is 21.5. The molecule has 0 bridgehead atoms. The summed E-state index contributed by atoms with van der Waals surface area (Å²) >= 11 is 2.71. The van der Waals surface area contributed by atoms with E-state index in [2.05, 4.69) is 10.3 Å². The van der Waals surface area contributed by atoms with Gasteiger partial charge in [-0.05, 0) is 6.42 Å². The Hall–Kier alpha value is -1.28. The summed E-state index contributed by atoms with van der Waals surface area (Å²) in [5.41, 5.74) is -0.318. The number of carbonyl (C=O) groups excluding carboxylic acids is 2. The van der Waals surface area contributed by atoms with E-state index in [-0.39, 0.29) is 16.2 Å². The molecule has 1 saturated heterocycles.